The topological polar surface area (TPSA) is 71.3 Å². The highest BCUT2D eigenvalue weighted by Gasteiger charge is 2.25. The minimum atomic E-state index is 0.0159. The number of amides is 1. The molecule has 0 spiro atoms. The maximum atomic E-state index is 12.5. The van der Waals surface area contributed by atoms with Crippen LogP contribution in [0.2, 0.25) is 5.02 Å². The van der Waals surface area contributed by atoms with E-state index in [0.717, 1.165) is 43.1 Å². The van der Waals surface area contributed by atoms with Crippen LogP contribution < -0.4 is 5.32 Å². The van der Waals surface area contributed by atoms with E-state index in [2.05, 4.69) is 26.4 Å². The van der Waals surface area contributed by atoms with Gasteiger partial charge in [-0.2, -0.15) is 4.98 Å². The molecule has 0 bridgehead atoms. The lowest BCUT2D eigenvalue weighted by atomic mass is 9.95. The predicted molar refractivity (Wildman–Crippen MR) is 111 cm³/mol. The van der Waals surface area contributed by atoms with Crippen molar-refractivity contribution in [2.75, 3.05) is 13.1 Å². The Balaban J connectivity index is 1.24. The molecule has 1 aliphatic rings. The Bertz CT molecular complexity index is 952. The Hall–Kier alpha value is -2.70. The highest BCUT2D eigenvalue weighted by molar-refractivity contribution is 6.30. The molecule has 7 heteroatoms. The van der Waals surface area contributed by atoms with Gasteiger partial charge in [-0.15, -0.1) is 0 Å². The molecule has 0 radical (unpaired) electrons. The van der Waals surface area contributed by atoms with Gasteiger partial charge in [0.05, 0.1) is 6.54 Å². The van der Waals surface area contributed by atoms with Crippen LogP contribution in [0.5, 0.6) is 0 Å². The summed E-state index contributed by atoms with van der Waals surface area (Å²) in [7, 11) is 0. The smallest absolute Gasteiger partial charge is 0.246 e. The first kappa shape index (κ1) is 19.6. The number of carbonyl (C=O) groups is 1. The standard InChI is InChI=1S/C22H23ClN4O2/c23-19-8-4-5-16(13-19)15-27-11-9-18(10-12-27)22(28)24-14-20-25-21(26-29-20)17-6-2-1-3-7-17/h1-8,13,18H,9-12,14-15H2,(H,24,28). The summed E-state index contributed by atoms with van der Waals surface area (Å²) in [5.74, 6) is 1.01. The van der Waals surface area contributed by atoms with E-state index in [1.165, 1.54) is 5.56 Å². The van der Waals surface area contributed by atoms with Crippen molar-refractivity contribution in [1.82, 2.24) is 20.4 Å². The fourth-order valence-electron chi connectivity index (χ4n) is 3.58. The second-order valence-electron chi connectivity index (χ2n) is 7.28. The maximum absolute atomic E-state index is 12.5. The number of benzene rings is 2. The van der Waals surface area contributed by atoms with Crippen molar-refractivity contribution in [2.45, 2.75) is 25.9 Å². The summed E-state index contributed by atoms with van der Waals surface area (Å²) < 4.78 is 5.26. The van der Waals surface area contributed by atoms with Crippen LogP contribution in [-0.4, -0.2) is 34.0 Å². The normalized spacial score (nSPS) is 15.3. The molecule has 1 aromatic heterocycles. The zero-order chi connectivity index (χ0) is 20.1. The van der Waals surface area contributed by atoms with Gasteiger partial charge in [-0.3, -0.25) is 9.69 Å². The van der Waals surface area contributed by atoms with Crippen molar-refractivity contribution in [1.29, 1.82) is 0 Å². The van der Waals surface area contributed by atoms with Crippen LogP contribution in [0, 0.1) is 5.92 Å². The van der Waals surface area contributed by atoms with Crippen molar-refractivity contribution in [3.63, 3.8) is 0 Å². The van der Waals surface area contributed by atoms with E-state index < -0.39 is 0 Å². The van der Waals surface area contributed by atoms with Crippen molar-refractivity contribution in [3.05, 3.63) is 71.1 Å². The molecule has 3 aromatic rings. The van der Waals surface area contributed by atoms with E-state index in [9.17, 15) is 4.79 Å². The molecule has 150 valence electrons. The highest BCUT2D eigenvalue weighted by atomic mass is 35.5. The van der Waals surface area contributed by atoms with Crippen LogP contribution >= 0.6 is 11.6 Å². The second kappa shape index (κ2) is 9.20. The number of aromatic nitrogens is 2. The number of nitrogens with one attached hydrogen (secondary N) is 1. The Kier molecular flexibility index (Phi) is 6.22. The lowest BCUT2D eigenvalue weighted by Crippen LogP contribution is -2.40. The molecule has 1 saturated heterocycles. The van der Waals surface area contributed by atoms with E-state index in [4.69, 9.17) is 16.1 Å². The number of hydrogen-bond acceptors (Lipinski definition) is 5. The van der Waals surface area contributed by atoms with Crippen LogP contribution in [-0.2, 0) is 17.9 Å². The molecule has 1 N–H and O–H groups in total. The zero-order valence-corrected chi connectivity index (χ0v) is 16.8. The van der Waals surface area contributed by atoms with Gasteiger partial charge in [0.1, 0.15) is 0 Å². The van der Waals surface area contributed by atoms with Gasteiger partial charge >= 0.3 is 0 Å². The SMILES string of the molecule is O=C(NCc1nc(-c2ccccc2)no1)C1CCN(Cc2cccc(Cl)c2)CC1. The Morgan fingerprint density at radius 3 is 2.69 bits per heavy atom. The molecule has 1 fully saturated rings. The summed E-state index contributed by atoms with van der Waals surface area (Å²) in [4.78, 5) is 19.2. The van der Waals surface area contributed by atoms with Crippen LogP contribution in [0.25, 0.3) is 11.4 Å². The predicted octanol–water partition coefficient (Wildman–Crippen LogP) is 3.92. The molecule has 29 heavy (non-hydrogen) atoms. The van der Waals surface area contributed by atoms with Crippen molar-refractivity contribution >= 4 is 17.5 Å². The van der Waals surface area contributed by atoms with Gasteiger partial charge < -0.3 is 9.84 Å². The number of rotatable bonds is 6. The van der Waals surface area contributed by atoms with E-state index >= 15 is 0 Å². The number of likely N-dealkylation sites (tertiary alicyclic amines) is 1. The molecule has 0 aliphatic carbocycles. The largest absolute Gasteiger partial charge is 0.347 e. The highest BCUT2D eigenvalue weighted by Crippen LogP contribution is 2.21. The lowest BCUT2D eigenvalue weighted by Gasteiger charge is -2.31. The molecular formula is C22H23ClN4O2. The first-order valence-corrected chi connectivity index (χ1v) is 10.2. The van der Waals surface area contributed by atoms with Gasteiger partial charge in [-0.05, 0) is 43.6 Å². The van der Waals surface area contributed by atoms with Crippen molar-refractivity contribution in [2.24, 2.45) is 5.92 Å². The number of nitrogens with zero attached hydrogens (tertiary/aromatic N) is 3. The molecule has 6 nitrogen and oxygen atoms in total. The maximum Gasteiger partial charge on any atom is 0.246 e. The van der Waals surface area contributed by atoms with Crippen LogP contribution in [0.3, 0.4) is 0 Å². The molecule has 0 atom stereocenters. The fourth-order valence-corrected chi connectivity index (χ4v) is 3.80. The van der Waals surface area contributed by atoms with Gasteiger partial charge in [0, 0.05) is 23.0 Å². The van der Waals surface area contributed by atoms with Crippen LogP contribution in [0.1, 0.15) is 24.3 Å². The van der Waals surface area contributed by atoms with E-state index in [1.54, 1.807) is 0 Å². The molecule has 1 aliphatic heterocycles. The van der Waals surface area contributed by atoms with Gasteiger partial charge in [-0.25, -0.2) is 0 Å². The molecule has 0 unspecified atom stereocenters. The summed E-state index contributed by atoms with van der Waals surface area (Å²) >= 11 is 6.06. The van der Waals surface area contributed by atoms with Gasteiger partial charge in [0.25, 0.3) is 0 Å². The Labute approximate surface area is 174 Å². The third-order valence-corrected chi connectivity index (χ3v) is 5.40. The van der Waals surface area contributed by atoms with Crippen molar-refractivity contribution < 1.29 is 9.32 Å². The summed E-state index contributed by atoms with van der Waals surface area (Å²) in [5.41, 5.74) is 2.09. The molecule has 4 rings (SSSR count). The zero-order valence-electron chi connectivity index (χ0n) is 16.1. The number of carbonyl (C=O) groups excluding carboxylic acids is 1. The summed E-state index contributed by atoms with van der Waals surface area (Å²) in [6, 6.07) is 17.6. The number of halogens is 1. The molecule has 0 saturated carbocycles. The Morgan fingerprint density at radius 2 is 1.93 bits per heavy atom. The minimum absolute atomic E-state index is 0.0159. The first-order chi connectivity index (χ1) is 14.2. The average Bonchev–Trinajstić information content (AvgIpc) is 3.22. The number of hydrogen-bond donors (Lipinski definition) is 1. The summed E-state index contributed by atoms with van der Waals surface area (Å²) in [6.07, 6.45) is 1.68. The number of piperidine rings is 1. The second-order valence-corrected chi connectivity index (χ2v) is 7.71. The van der Waals surface area contributed by atoms with Gasteiger partial charge in [-0.1, -0.05) is 59.2 Å². The molecule has 2 aromatic carbocycles. The van der Waals surface area contributed by atoms with Gasteiger partial charge in [0.15, 0.2) is 0 Å². The average molecular weight is 411 g/mol. The summed E-state index contributed by atoms with van der Waals surface area (Å²) in [6.45, 7) is 2.90. The molecule has 1 amide bonds. The monoisotopic (exact) mass is 410 g/mol. The van der Waals surface area contributed by atoms with Crippen molar-refractivity contribution in [3.8, 4) is 11.4 Å². The van der Waals surface area contributed by atoms with E-state index in [-0.39, 0.29) is 18.4 Å². The molecular weight excluding hydrogens is 388 g/mol. The lowest BCUT2D eigenvalue weighted by molar-refractivity contribution is -0.126. The first-order valence-electron chi connectivity index (χ1n) is 9.80. The molecule has 2 heterocycles. The fraction of sp³-hybridized carbons (Fsp3) is 0.318. The quantitative estimate of drug-likeness (QED) is 0.666. The van der Waals surface area contributed by atoms with E-state index in [1.807, 2.05) is 48.5 Å². The third kappa shape index (κ3) is 5.22. The van der Waals surface area contributed by atoms with Crippen LogP contribution in [0.4, 0.5) is 0 Å². The third-order valence-electron chi connectivity index (χ3n) is 5.17. The minimum Gasteiger partial charge on any atom is -0.347 e. The van der Waals surface area contributed by atoms with E-state index in [0.29, 0.717) is 11.7 Å². The Morgan fingerprint density at radius 1 is 1.14 bits per heavy atom. The summed E-state index contributed by atoms with van der Waals surface area (Å²) in [5, 5.41) is 7.67. The van der Waals surface area contributed by atoms with Crippen LogP contribution in [0.15, 0.2) is 59.1 Å². The van der Waals surface area contributed by atoms with Gasteiger partial charge in [0.2, 0.25) is 17.6 Å².